The van der Waals surface area contributed by atoms with Gasteiger partial charge in [-0.3, -0.25) is 4.99 Å². The second-order valence-corrected chi connectivity index (χ2v) is 6.18. The summed E-state index contributed by atoms with van der Waals surface area (Å²) in [5, 5.41) is 0.741. The van der Waals surface area contributed by atoms with E-state index in [-0.39, 0.29) is 24.0 Å². The summed E-state index contributed by atoms with van der Waals surface area (Å²) in [6, 6.07) is 7.66. The molecule has 1 aromatic rings. The number of rotatable bonds is 5. The van der Waals surface area contributed by atoms with Crippen molar-refractivity contribution in [3.63, 3.8) is 0 Å². The molecule has 1 fully saturated rings. The second kappa shape index (κ2) is 10.5. The van der Waals surface area contributed by atoms with E-state index in [0.717, 1.165) is 35.2 Å². The van der Waals surface area contributed by atoms with Crippen LogP contribution in [-0.4, -0.2) is 48.6 Å². The number of guanidine groups is 1. The molecule has 7 heteroatoms. The Balaban J connectivity index is 0.00000220. The third-order valence-electron chi connectivity index (χ3n) is 3.03. The molecule has 0 saturated carbocycles. The van der Waals surface area contributed by atoms with E-state index in [4.69, 9.17) is 22.1 Å². The maximum Gasteiger partial charge on any atom is 0.191 e. The van der Waals surface area contributed by atoms with Crippen LogP contribution in [0.3, 0.4) is 0 Å². The topological polar surface area (TPSA) is 50.9 Å². The van der Waals surface area contributed by atoms with Gasteiger partial charge >= 0.3 is 0 Å². The van der Waals surface area contributed by atoms with E-state index in [0.29, 0.717) is 25.7 Å². The largest absolute Gasteiger partial charge is 0.375 e. The molecule has 2 rings (SSSR count). The number of hydrogen-bond donors (Lipinski definition) is 1. The van der Waals surface area contributed by atoms with Crippen LogP contribution in [0, 0.1) is 0 Å². The first-order chi connectivity index (χ1) is 9.75. The lowest BCUT2D eigenvalue weighted by molar-refractivity contribution is 0.128. The van der Waals surface area contributed by atoms with Crippen LogP contribution in [0.2, 0.25) is 5.02 Å². The van der Waals surface area contributed by atoms with E-state index >= 15 is 0 Å². The zero-order valence-corrected chi connectivity index (χ0v) is 15.7. The van der Waals surface area contributed by atoms with Gasteiger partial charge < -0.3 is 15.4 Å². The molecule has 0 unspecified atom stereocenters. The zero-order valence-electron chi connectivity index (χ0n) is 11.8. The first kappa shape index (κ1) is 18.9. The number of thioether (sulfide) groups is 1. The Morgan fingerprint density at radius 3 is 2.62 bits per heavy atom. The molecule has 1 aliphatic heterocycles. The van der Waals surface area contributed by atoms with Gasteiger partial charge in [0.25, 0.3) is 0 Å². The van der Waals surface area contributed by atoms with E-state index in [1.54, 1.807) is 0 Å². The summed E-state index contributed by atoms with van der Waals surface area (Å²) in [4.78, 5) is 6.49. The van der Waals surface area contributed by atoms with Crippen molar-refractivity contribution >= 4 is 53.3 Å². The summed E-state index contributed by atoms with van der Waals surface area (Å²) >= 11 is 7.79. The van der Waals surface area contributed by atoms with E-state index < -0.39 is 0 Å². The van der Waals surface area contributed by atoms with Gasteiger partial charge in [0.05, 0.1) is 19.8 Å². The number of halogens is 2. The molecular formula is C14H21ClIN3OS. The van der Waals surface area contributed by atoms with Crippen molar-refractivity contribution in [3.05, 3.63) is 34.9 Å². The summed E-state index contributed by atoms with van der Waals surface area (Å²) in [5.74, 6) is 2.90. The SMILES string of the molecule is I.NC(=NCCOCc1ccc(Cl)cc1)N1CCSCC1. The summed E-state index contributed by atoms with van der Waals surface area (Å²) < 4.78 is 5.57. The third-order valence-corrected chi connectivity index (χ3v) is 4.22. The maximum absolute atomic E-state index is 5.95. The summed E-state index contributed by atoms with van der Waals surface area (Å²) in [7, 11) is 0. The minimum absolute atomic E-state index is 0. The number of benzene rings is 1. The van der Waals surface area contributed by atoms with Crippen LogP contribution in [0.1, 0.15) is 5.56 Å². The second-order valence-electron chi connectivity index (χ2n) is 4.52. The molecule has 4 nitrogen and oxygen atoms in total. The van der Waals surface area contributed by atoms with Crippen LogP contribution < -0.4 is 5.73 Å². The Bertz CT molecular complexity index is 438. The molecule has 0 radical (unpaired) electrons. The highest BCUT2D eigenvalue weighted by atomic mass is 127. The predicted octanol–water partition coefficient (Wildman–Crippen LogP) is 2.84. The quantitative estimate of drug-likeness (QED) is 0.330. The van der Waals surface area contributed by atoms with Crippen molar-refractivity contribution in [1.82, 2.24) is 4.90 Å². The number of aliphatic imine (C=N–C) groups is 1. The minimum atomic E-state index is 0. The molecule has 1 aromatic carbocycles. The molecule has 1 heterocycles. The molecule has 0 atom stereocenters. The Hall–Kier alpha value is -0.180. The molecule has 0 aliphatic carbocycles. The Morgan fingerprint density at radius 2 is 1.95 bits per heavy atom. The van der Waals surface area contributed by atoms with E-state index in [9.17, 15) is 0 Å². The van der Waals surface area contributed by atoms with E-state index in [1.165, 1.54) is 0 Å². The van der Waals surface area contributed by atoms with Crippen molar-refractivity contribution in [1.29, 1.82) is 0 Å². The standard InChI is InChI=1S/C14H20ClN3OS.HI/c15-13-3-1-12(2-4-13)11-19-8-5-17-14(16)18-6-9-20-10-7-18;/h1-4H,5-11H2,(H2,16,17);1H. The lowest BCUT2D eigenvalue weighted by atomic mass is 10.2. The van der Waals surface area contributed by atoms with Crippen molar-refractivity contribution < 1.29 is 4.74 Å². The van der Waals surface area contributed by atoms with Gasteiger partial charge in [-0.1, -0.05) is 23.7 Å². The van der Waals surface area contributed by atoms with Crippen LogP contribution in [0.15, 0.2) is 29.3 Å². The zero-order chi connectivity index (χ0) is 14.2. The van der Waals surface area contributed by atoms with Crippen molar-refractivity contribution in [2.45, 2.75) is 6.61 Å². The lowest BCUT2D eigenvalue weighted by Crippen LogP contribution is -2.42. The van der Waals surface area contributed by atoms with Gasteiger partial charge in [0, 0.05) is 29.6 Å². The molecule has 0 amide bonds. The molecule has 21 heavy (non-hydrogen) atoms. The van der Waals surface area contributed by atoms with Crippen molar-refractivity contribution in [3.8, 4) is 0 Å². The summed E-state index contributed by atoms with van der Waals surface area (Å²) in [5.41, 5.74) is 7.07. The fraction of sp³-hybridized carbons (Fsp3) is 0.500. The normalized spacial score (nSPS) is 15.7. The highest BCUT2D eigenvalue weighted by Crippen LogP contribution is 2.10. The van der Waals surface area contributed by atoms with Crippen molar-refractivity contribution in [2.75, 3.05) is 37.7 Å². The number of ether oxygens (including phenoxy) is 1. The van der Waals surface area contributed by atoms with Crippen LogP contribution in [0.5, 0.6) is 0 Å². The molecule has 0 spiro atoms. The molecule has 1 saturated heterocycles. The molecule has 1 aliphatic rings. The first-order valence-electron chi connectivity index (χ1n) is 6.70. The fourth-order valence-electron chi connectivity index (χ4n) is 1.89. The average molecular weight is 442 g/mol. The molecule has 2 N–H and O–H groups in total. The van der Waals surface area contributed by atoms with Crippen LogP contribution in [0.4, 0.5) is 0 Å². The maximum atomic E-state index is 5.95. The number of nitrogens with two attached hydrogens (primary N) is 1. The highest BCUT2D eigenvalue weighted by Gasteiger charge is 2.11. The Morgan fingerprint density at radius 1 is 1.29 bits per heavy atom. The Labute approximate surface area is 152 Å². The summed E-state index contributed by atoms with van der Waals surface area (Å²) in [6.07, 6.45) is 0. The van der Waals surface area contributed by atoms with Crippen molar-refractivity contribution in [2.24, 2.45) is 10.7 Å². The third kappa shape index (κ3) is 7.08. The Kier molecular flexibility index (Phi) is 9.46. The predicted molar refractivity (Wildman–Crippen MR) is 102 cm³/mol. The lowest BCUT2D eigenvalue weighted by Gasteiger charge is -2.27. The smallest absolute Gasteiger partial charge is 0.191 e. The van der Waals surface area contributed by atoms with E-state index in [2.05, 4.69) is 9.89 Å². The number of hydrogen-bond acceptors (Lipinski definition) is 3. The fourth-order valence-corrected chi connectivity index (χ4v) is 2.92. The monoisotopic (exact) mass is 441 g/mol. The van der Waals surface area contributed by atoms with Crippen LogP contribution in [0.25, 0.3) is 0 Å². The van der Waals surface area contributed by atoms with Gasteiger partial charge in [-0.15, -0.1) is 24.0 Å². The highest BCUT2D eigenvalue weighted by molar-refractivity contribution is 14.0. The van der Waals surface area contributed by atoms with Gasteiger partial charge in [0.15, 0.2) is 5.96 Å². The van der Waals surface area contributed by atoms with Crippen LogP contribution in [-0.2, 0) is 11.3 Å². The van der Waals surface area contributed by atoms with E-state index in [1.807, 2.05) is 36.0 Å². The summed E-state index contributed by atoms with van der Waals surface area (Å²) in [6.45, 7) is 3.74. The molecule has 118 valence electrons. The van der Waals surface area contributed by atoms with Gasteiger partial charge in [0.1, 0.15) is 0 Å². The minimum Gasteiger partial charge on any atom is -0.375 e. The molecule has 0 aromatic heterocycles. The average Bonchev–Trinajstić information content (AvgIpc) is 2.49. The number of nitrogens with zero attached hydrogens (tertiary/aromatic N) is 2. The first-order valence-corrected chi connectivity index (χ1v) is 8.24. The molecule has 0 bridgehead atoms. The van der Waals surface area contributed by atoms with Gasteiger partial charge in [0.2, 0.25) is 0 Å². The van der Waals surface area contributed by atoms with Crippen LogP contribution >= 0.6 is 47.3 Å². The molecular weight excluding hydrogens is 421 g/mol. The van der Waals surface area contributed by atoms with Gasteiger partial charge in [-0.25, -0.2) is 0 Å². The van der Waals surface area contributed by atoms with Gasteiger partial charge in [-0.2, -0.15) is 11.8 Å². The van der Waals surface area contributed by atoms with Gasteiger partial charge in [-0.05, 0) is 17.7 Å².